The first-order valence-corrected chi connectivity index (χ1v) is 6.49. The fraction of sp³-hybridized carbons (Fsp3) is 0.167. The van der Waals surface area contributed by atoms with E-state index in [1.54, 1.807) is 6.07 Å². The summed E-state index contributed by atoms with van der Waals surface area (Å²) in [4.78, 5) is 16.1. The summed E-state index contributed by atoms with van der Waals surface area (Å²) in [5, 5.41) is 5.18. The number of aromatic nitrogens is 1. The van der Waals surface area contributed by atoms with Crippen LogP contribution < -0.4 is 5.32 Å². The predicted molar refractivity (Wildman–Crippen MR) is 70.8 cm³/mol. The van der Waals surface area contributed by atoms with E-state index in [4.69, 9.17) is 11.6 Å². The van der Waals surface area contributed by atoms with Gasteiger partial charge in [0, 0.05) is 10.9 Å². The van der Waals surface area contributed by atoms with Crippen molar-refractivity contribution >= 4 is 34.0 Å². The number of nitrogens with one attached hydrogen (secondary N) is 1. The van der Waals surface area contributed by atoms with Crippen molar-refractivity contribution in [3.8, 4) is 0 Å². The highest BCUT2D eigenvalue weighted by Gasteiger charge is 2.10. The van der Waals surface area contributed by atoms with Gasteiger partial charge in [-0.15, -0.1) is 22.9 Å². The number of alkyl halides is 1. The second-order valence-corrected chi connectivity index (χ2v) is 4.67. The first-order chi connectivity index (χ1) is 8.20. The number of aryl methyl sites for hydroxylation is 1. The molecule has 88 valence electrons. The van der Waals surface area contributed by atoms with E-state index < -0.39 is 0 Å². The van der Waals surface area contributed by atoms with E-state index in [1.807, 2.05) is 30.5 Å². The van der Waals surface area contributed by atoms with Gasteiger partial charge in [0.25, 0.3) is 5.91 Å². The third-order valence-electron chi connectivity index (χ3n) is 2.30. The number of halogens is 1. The van der Waals surface area contributed by atoms with Crippen LogP contribution in [0.15, 0.2) is 29.6 Å². The van der Waals surface area contributed by atoms with Crippen molar-refractivity contribution in [3.63, 3.8) is 0 Å². The molecule has 17 heavy (non-hydrogen) atoms. The monoisotopic (exact) mass is 266 g/mol. The number of amides is 1. The number of rotatable bonds is 3. The summed E-state index contributed by atoms with van der Waals surface area (Å²) in [6.45, 7) is 1.90. The van der Waals surface area contributed by atoms with E-state index in [1.165, 1.54) is 11.3 Å². The average Bonchev–Trinajstić information content (AvgIpc) is 2.77. The van der Waals surface area contributed by atoms with Gasteiger partial charge < -0.3 is 0 Å². The van der Waals surface area contributed by atoms with Gasteiger partial charge in [0.2, 0.25) is 0 Å². The van der Waals surface area contributed by atoms with Gasteiger partial charge in [-0.3, -0.25) is 10.1 Å². The van der Waals surface area contributed by atoms with Gasteiger partial charge in [0.15, 0.2) is 5.13 Å². The zero-order valence-corrected chi connectivity index (χ0v) is 10.8. The molecule has 0 atom stereocenters. The molecule has 0 spiro atoms. The van der Waals surface area contributed by atoms with Crippen molar-refractivity contribution in [1.82, 2.24) is 4.98 Å². The molecule has 0 aliphatic rings. The largest absolute Gasteiger partial charge is 0.298 e. The lowest BCUT2D eigenvalue weighted by molar-refractivity contribution is 0.102. The van der Waals surface area contributed by atoms with Crippen molar-refractivity contribution in [3.05, 3.63) is 46.5 Å². The zero-order valence-electron chi connectivity index (χ0n) is 9.24. The fourth-order valence-electron chi connectivity index (χ4n) is 1.42. The molecule has 0 unspecified atom stereocenters. The van der Waals surface area contributed by atoms with Gasteiger partial charge in [0.1, 0.15) is 0 Å². The van der Waals surface area contributed by atoms with Crippen molar-refractivity contribution in [2.45, 2.75) is 12.8 Å². The molecule has 1 aromatic heterocycles. The van der Waals surface area contributed by atoms with Gasteiger partial charge in [-0.05, 0) is 18.6 Å². The smallest absolute Gasteiger partial charge is 0.257 e. The maximum Gasteiger partial charge on any atom is 0.257 e. The summed E-state index contributed by atoms with van der Waals surface area (Å²) >= 11 is 7.03. The molecule has 0 radical (unpaired) electrons. The minimum absolute atomic E-state index is 0.140. The number of thiazole rings is 1. The fourth-order valence-corrected chi connectivity index (χ4v) is 2.35. The van der Waals surface area contributed by atoms with Crippen LogP contribution in [0.3, 0.4) is 0 Å². The van der Waals surface area contributed by atoms with Crippen molar-refractivity contribution in [2.24, 2.45) is 0 Å². The van der Waals surface area contributed by atoms with Crippen molar-refractivity contribution < 1.29 is 4.79 Å². The first-order valence-electron chi connectivity index (χ1n) is 5.08. The van der Waals surface area contributed by atoms with Gasteiger partial charge in [0.05, 0.1) is 11.6 Å². The molecule has 1 N–H and O–H groups in total. The minimum atomic E-state index is -0.140. The molecule has 1 amide bonds. The Morgan fingerprint density at radius 1 is 1.47 bits per heavy atom. The maximum absolute atomic E-state index is 12.0. The Balaban J connectivity index is 2.14. The summed E-state index contributed by atoms with van der Waals surface area (Å²) in [5.41, 5.74) is 2.38. The Bertz CT molecular complexity index is 539. The molecule has 1 heterocycles. The van der Waals surface area contributed by atoms with Crippen LogP contribution in [-0.4, -0.2) is 10.9 Å². The number of carbonyl (C=O) groups is 1. The van der Waals surface area contributed by atoms with Crippen LogP contribution in [0.4, 0.5) is 5.13 Å². The Morgan fingerprint density at radius 2 is 2.24 bits per heavy atom. The number of anilines is 1. The van der Waals surface area contributed by atoms with E-state index in [2.05, 4.69) is 10.3 Å². The van der Waals surface area contributed by atoms with E-state index in [-0.39, 0.29) is 5.91 Å². The normalized spacial score (nSPS) is 10.2. The van der Waals surface area contributed by atoms with Gasteiger partial charge in [-0.1, -0.05) is 18.2 Å². The summed E-state index contributed by atoms with van der Waals surface area (Å²) in [7, 11) is 0. The van der Waals surface area contributed by atoms with Crippen molar-refractivity contribution in [1.29, 1.82) is 0 Å². The van der Waals surface area contributed by atoms with Crippen LogP contribution in [0.5, 0.6) is 0 Å². The Labute approximate surface area is 108 Å². The lowest BCUT2D eigenvalue weighted by Crippen LogP contribution is -2.13. The quantitative estimate of drug-likeness (QED) is 0.865. The summed E-state index contributed by atoms with van der Waals surface area (Å²) < 4.78 is 0. The molecular weight excluding hydrogens is 256 g/mol. The molecule has 0 aliphatic heterocycles. The van der Waals surface area contributed by atoms with Crippen LogP contribution in [0.25, 0.3) is 0 Å². The standard InChI is InChI=1S/C12H11ClN2OS/c1-8-4-2-3-5-10(8)11(16)15-12-14-9(6-13)7-17-12/h2-5,7H,6H2,1H3,(H,14,15,16). The minimum Gasteiger partial charge on any atom is -0.298 e. The molecular formula is C12H11ClN2OS. The highest BCUT2D eigenvalue weighted by molar-refractivity contribution is 7.14. The van der Waals surface area contributed by atoms with Gasteiger partial charge >= 0.3 is 0 Å². The summed E-state index contributed by atoms with van der Waals surface area (Å²) in [6, 6.07) is 7.44. The van der Waals surface area contributed by atoms with Gasteiger partial charge in [-0.25, -0.2) is 4.98 Å². The molecule has 0 bridgehead atoms. The number of benzene rings is 1. The Kier molecular flexibility index (Phi) is 3.76. The third-order valence-corrected chi connectivity index (χ3v) is 3.38. The Hall–Kier alpha value is -1.39. The SMILES string of the molecule is Cc1ccccc1C(=O)Nc1nc(CCl)cs1. The summed E-state index contributed by atoms with van der Waals surface area (Å²) in [6.07, 6.45) is 0. The molecule has 5 heteroatoms. The molecule has 1 aromatic carbocycles. The van der Waals surface area contributed by atoms with E-state index in [0.29, 0.717) is 16.6 Å². The molecule has 0 saturated heterocycles. The van der Waals surface area contributed by atoms with Crippen LogP contribution >= 0.6 is 22.9 Å². The highest BCUT2D eigenvalue weighted by Crippen LogP contribution is 2.18. The number of hydrogen-bond donors (Lipinski definition) is 1. The highest BCUT2D eigenvalue weighted by atomic mass is 35.5. The maximum atomic E-state index is 12.0. The van der Waals surface area contributed by atoms with E-state index in [9.17, 15) is 4.79 Å². The van der Waals surface area contributed by atoms with Crippen LogP contribution in [0.2, 0.25) is 0 Å². The van der Waals surface area contributed by atoms with Crippen LogP contribution in [0, 0.1) is 6.92 Å². The molecule has 0 fully saturated rings. The first kappa shape index (κ1) is 12.1. The molecule has 2 rings (SSSR count). The van der Waals surface area contributed by atoms with E-state index >= 15 is 0 Å². The van der Waals surface area contributed by atoms with Crippen molar-refractivity contribution in [2.75, 3.05) is 5.32 Å². The van der Waals surface area contributed by atoms with Crippen LogP contribution in [0.1, 0.15) is 21.6 Å². The lowest BCUT2D eigenvalue weighted by Gasteiger charge is -2.04. The molecule has 0 aliphatic carbocycles. The van der Waals surface area contributed by atoms with Gasteiger partial charge in [-0.2, -0.15) is 0 Å². The molecule has 3 nitrogen and oxygen atoms in total. The number of carbonyl (C=O) groups excluding carboxylic acids is 1. The second-order valence-electron chi connectivity index (χ2n) is 3.55. The average molecular weight is 267 g/mol. The number of nitrogens with zero attached hydrogens (tertiary/aromatic N) is 1. The van der Waals surface area contributed by atoms with E-state index in [0.717, 1.165) is 11.3 Å². The summed E-state index contributed by atoms with van der Waals surface area (Å²) in [5.74, 6) is 0.218. The Morgan fingerprint density at radius 3 is 2.88 bits per heavy atom. The second kappa shape index (κ2) is 5.29. The topological polar surface area (TPSA) is 42.0 Å². The third kappa shape index (κ3) is 2.84. The lowest BCUT2D eigenvalue weighted by atomic mass is 10.1. The number of hydrogen-bond acceptors (Lipinski definition) is 3. The van der Waals surface area contributed by atoms with Crippen LogP contribution in [-0.2, 0) is 5.88 Å². The zero-order chi connectivity index (χ0) is 12.3. The predicted octanol–water partition coefficient (Wildman–Crippen LogP) is 3.44. The molecule has 2 aromatic rings. The molecule has 0 saturated carbocycles.